The maximum Gasteiger partial charge on any atom is 0.411 e. The molecule has 2 aromatic carbocycles. The summed E-state index contributed by atoms with van der Waals surface area (Å²) >= 11 is 0. The number of nitrogens with zero attached hydrogens (tertiary/aromatic N) is 6. The lowest BCUT2D eigenvalue weighted by Gasteiger charge is -2.40. The number of benzene rings is 2. The van der Waals surface area contributed by atoms with E-state index in [1.165, 1.54) is 4.90 Å². The number of fused-ring (bicyclic) bond motifs is 1. The molecule has 0 spiro atoms. The van der Waals surface area contributed by atoms with Crippen molar-refractivity contribution in [3.05, 3.63) is 59.8 Å². The molecule has 2 aromatic heterocycles. The molecule has 53 heavy (non-hydrogen) atoms. The Labute approximate surface area is 313 Å². The molecular formula is C37H51N8O6PS. The number of thiol groups is 1. The highest BCUT2D eigenvalue weighted by Crippen LogP contribution is 2.39. The van der Waals surface area contributed by atoms with Gasteiger partial charge in [0.05, 0.1) is 37.9 Å². The van der Waals surface area contributed by atoms with Crippen molar-refractivity contribution in [1.82, 2.24) is 29.4 Å². The normalized spacial score (nSPS) is 17.6. The Kier molecular flexibility index (Phi) is 11.3. The van der Waals surface area contributed by atoms with Crippen LogP contribution in [0, 0.1) is 6.92 Å². The number of piperidine rings is 1. The average Bonchev–Trinajstić information content (AvgIpc) is 3.60. The quantitative estimate of drug-likeness (QED) is 0.139. The Morgan fingerprint density at radius 2 is 1.77 bits per heavy atom. The molecule has 0 aliphatic carbocycles. The van der Waals surface area contributed by atoms with E-state index in [0.717, 1.165) is 24.0 Å². The van der Waals surface area contributed by atoms with Gasteiger partial charge in [0.2, 0.25) is 17.8 Å². The van der Waals surface area contributed by atoms with Gasteiger partial charge < -0.3 is 29.7 Å². The summed E-state index contributed by atoms with van der Waals surface area (Å²) < 4.78 is 32.4. The van der Waals surface area contributed by atoms with E-state index in [-0.39, 0.29) is 23.7 Å². The van der Waals surface area contributed by atoms with Gasteiger partial charge in [-0.3, -0.25) is 13.9 Å². The van der Waals surface area contributed by atoms with Crippen LogP contribution >= 0.6 is 8.44 Å². The van der Waals surface area contributed by atoms with Crippen molar-refractivity contribution in [2.75, 3.05) is 50.6 Å². The van der Waals surface area contributed by atoms with Crippen molar-refractivity contribution in [1.29, 1.82) is 0 Å². The second-order valence-electron chi connectivity index (χ2n) is 14.8. The first-order chi connectivity index (χ1) is 25.2. The molecule has 2 aliphatic heterocycles. The van der Waals surface area contributed by atoms with Crippen LogP contribution in [0.1, 0.15) is 64.5 Å². The number of hydrogen-bond donors (Lipinski definition) is 3. The summed E-state index contributed by atoms with van der Waals surface area (Å²) in [5.41, 5.74) is 3.51. The van der Waals surface area contributed by atoms with Crippen LogP contribution in [-0.2, 0) is 23.8 Å². The van der Waals surface area contributed by atoms with Gasteiger partial charge in [-0.05, 0) is 81.8 Å². The zero-order valence-corrected chi connectivity index (χ0v) is 33.5. The van der Waals surface area contributed by atoms with Crippen LogP contribution in [0.15, 0.2) is 53.6 Å². The molecule has 16 heteroatoms. The van der Waals surface area contributed by atoms with Gasteiger partial charge in [-0.2, -0.15) is 19.6 Å². The molecule has 2 fully saturated rings. The number of amides is 2. The molecule has 0 bridgehead atoms. The third kappa shape index (κ3) is 8.42. The van der Waals surface area contributed by atoms with Crippen LogP contribution < -0.4 is 15.4 Å². The van der Waals surface area contributed by atoms with E-state index in [0.29, 0.717) is 65.8 Å². The third-order valence-corrected chi connectivity index (χ3v) is 15.0. The highest BCUT2D eigenvalue weighted by Gasteiger charge is 2.39. The van der Waals surface area contributed by atoms with E-state index in [1.807, 2.05) is 75.9 Å². The lowest BCUT2D eigenvalue weighted by Crippen LogP contribution is -2.58. The molecule has 2 N–H and O–H groups in total. The molecule has 2 atom stereocenters. The van der Waals surface area contributed by atoms with Crippen molar-refractivity contribution >= 4 is 58.9 Å². The second kappa shape index (κ2) is 15.6. The highest BCUT2D eigenvalue weighted by atomic mass is 32.8. The maximum atomic E-state index is 13.7. The molecule has 14 nitrogen and oxygen atoms in total. The molecule has 0 radical (unpaired) electrons. The first kappa shape index (κ1) is 38.4. The summed E-state index contributed by atoms with van der Waals surface area (Å²) in [4.78, 5) is 40.1. The predicted molar refractivity (Wildman–Crippen MR) is 210 cm³/mol. The Morgan fingerprint density at radius 3 is 2.47 bits per heavy atom. The molecule has 2 unspecified atom stereocenters. The number of carbonyl (C=O) groups is 2. The smallest absolute Gasteiger partial charge is 0.411 e. The monoisotopic (exact) mass is 766 g/mol. The van der Waals surface area contributed by atoms with Crippen LogP contribution in [0.3, 0.4) is 0 Å². The summed E-state index contributed by atoms with van der Waals surface area (Å²) in [5.74, 6) is 1.47. The number of morpholine rings is 1. The van der Waals surface area contributed by atoms with Crippen LogP contribution in [0.5, 0.6) is 5.75 Å². The molecule has 6 rings (SSSR count). The Bertz CT molecular complexity index is 2030. The third-order valence-electron chi connectivity index (χ3n) is 9.67. The molecular weight excluding hydrogens is 715 g/mol. The van der Waals surface area contributed by atoms with Crippen LogP contribution in [0.4, 0.5) is 28.1 Å². The molecule has 2 saturated heterocycles. The summed E-state index contributed by atoms with van der Waals surface area (Å²) in [6.07, 6.45) is 2.69. The minimum absolute atomic E-state index is 0.0649. The van der Waals surface area contributed by atoms with E-state index >= 15 is 0 Å². The SMILES string of the molecule is COc1cc(C2CCN(C(=O)C3COCCN3C(=O)OC(C)(C)C)CC2)c(C)cc1Nc1nc(Nc2ccccc2[SH](=O)(P)C(C)C)n2nccc2n1. The van der Waals surface area contributed by atoms with Crippen molar-refractivity contribution in [3.63, 3.8) is 0 Å². The van der Waals surface area contributed by atoms with Crippen LogP contribution in [0.25, 0.3) is 5.65 Å². The Balaban J connectivity index is 1.18. The fraction of sp³-hybridized carbons (Fsp3) is 0.486. The first-order valence-electron chi connectivity index (χ1n) is 17.9. The zero-order chi connectivity index (χ0) is 38.1. The number of hydrogen-bond acceptors (Lipinski definition) is 11. The van der Waals surface area contributed by atoms with Crippen molar-refractivity contribution in [2.24, 2.45) is 0 Å². The summed E-state index contributed by atoms with van der Waals surface area (Å²) in [7, 11) is 1.44. The standard InChI is InChI=1S/C37H51N8O6PS/c1-23(2)53(48,52)31-11-9-8-10-27(31)40-35-42-34(41-32-12-15-38-45(32)35)39-28-20-24(3)26(21-30(28)49-7)25-13-16-43(17-14-25)33(46)29-22-50-19-18-44(29)36(47)51-37(4,5)6/h8-12,15,20-21,23,25,29,53H,13-14,16-19,22,52H2,1-7H3,(H2,39,40,41,42). The fourth-order valence-electron chi connectivity index (χ4n) is 6.74. The molecule has 4 aromatic rings. The summed E-state index contributed by atoms with van der Waals surface area (Å²) in [5, 5.41) is 11.1. The molecule has 4 heterocycles. The zero-order valence-electron chi connectivity index (χ0n) is 31.5. The number of carbonyl (C=O) groups excluding carboxylic acids is 2. The number of aromatic nitrogens is 4. The van der Waals surface area contributed by atoms with E-state index in [4.69, 9.17) is 24.2 Å². The van der Waals surface area contributed by atoms with Gasteiger partial charge in [-0.15, -0.1) is 0 Å². The molecule has 286 valence electrons. The van der Waals surface area contributed by atoms with Crippen LogP contribution in [0.2, 0.25) is 0 Å². The van der Waals surface area contributed by atoms with Gasteiger partial charge in [0, 0.05) is 35.8 Å². The minimum atomic E-state index is -2.76. The highest BCUT2D eigenvalue weighted by molar-refractivity contribution is 8.45. The molecule has 0 saturated carbocycles. The minimum Gasteiger partial charge on any atom is -0.495 e. The first-order valence-corrected chi connectivity index (χ1v) is 21.3. The van der Waals surface area contributed by atoms with Gasteiger partial charge in [0.25, 0.3) is 0 Å². The topological polar surface area (TPSA) is 153 Å². The van der Waals surface area contributed by atoms with Gasteiger partial charge in [-0.25, -0.2) is 4.79 Å². The largest absolute Gasteiger partial charge is 0.495 e. The summed E-state index contributed by atoms with van der Waals surface area (Å²) in [6.45, 7) is 13.4. The number of methoxy groups -OCH3 is 1. The molecule has 2 aliphatic rings. The molecule has 2 amide bonds. The van der Waals surface area contributed by atoms with E-state index in [9.17, 15) is 13.8 Å². The van der Waals surface area contributed by atoms with Gasteiger partial charge in [0.15, 0.2) is 5.65 Å². The fourth-order valence-corrected chi connectivity index (χ4v) is 8.80. The number of para-hydroxylation sites is 1. The summed E-state index contributed by atoms with van der Waals surface area (Å²) in [6, 6.07) is 12.7. The van der Waals surface area contributed by atoms with E-state index in [2.05, 4.69) is 31.1 Å². The van der Waals surface area contributed by atoms with Gasteiger partial charge >= 0.3 is 6.09 Å². The van der Waals surface area contributed by atoms with Gasteiger partial charge in [0.1, 0.15) is 17.4 Å². The van der Waals surface area contributed by atoms with Crippen molar-refractivity contribution < 1.29 is 28.0 Å². The van der Waals surface area contributed by atoms with Crippen LogP contribution in [-0.4, -0.2) is 102 Å². The van der Waals surface area contributed by atoms with Crippen molar-refractivity contribution in [3.8, 4) is 5.75 Å². The van der Waals surface area contributed by atoms with E-state index < -0.39 is 27.3 Å². The number of rotatable bonds is 9. The van der Waals surface area contributed by atoms with Crippen molar-refractivity contribution in [2.45, 2.75) is 82.1 Å². The number of aryl methyl sites for hydroxylation is 1. The lowest BCUT2D eigenvalue weighted by atomic mass is 9.86. The predicted octanol–water partition coefficient (Wildman–Crippen LogP) is 5.84. The number of likely N-dealkylation sites (tertiary alicyclic amines) is 1. The van der Waals surface area contributed by atoms with Gasteiger partial charge in [-0.1, -0.05) is 44.0 Å². The number of ether oxygens (including phenoxy) is 3. The number of nitrogens with one attached hydrogen (secondary N) is 2. The lowest BCUT2D eigenvalue weighted by molar-refractivity contribution is -0.143. The number of anilines is 4. The average molecular weight is 767 g/mol. The Morgan fingerprint density at radius 1 is 1.04 bits per heavy atom. The maximum absolute atomic E-state index is 13.7. The Hall–Kier alpha value is -4.33. The second-order valence-corrected chi connectivity index (χ2v) is 20.1. The van der Waals surface area contributed by atoms with E-state index in [1.54, 1.807) is 23.9 Å².